The lowest BCUT2D eigenvalue weighted by Crippen LogP contribution is -2.58. The van der Waals surface area contributed by atoms with Gasteiger partial charge in [-0.1, -0.05) is 0 Å². The molecule has 0 bridgehead atoms. The molecule has 0 aromatic rings. The Morgan fingerprint density at radius 2 is 1.56 bits per heavy atom. The molecule has 0 aliphatic heterocycles. The number of carboxylic acids is 1. The molecule has 15 heteroatoms. The Morgan fingerprint density at radius 3 is 2.06 bits per heavy atom. The van der Waals surface area contributed by atoms with Gasteiger partial charge in [0.2, 0.25) is 17.7 Å². The fraction of sp³-hybridized carbons (Fsp3) is 0.706. The molecule has 4 unspecified atom stereocenters. The van der Waals surface area contributed by atoms with Crippen LogP contribution in [0.2, 0.25) is 0 Å². The molecule has 0 radical (unpaired) electrons. The normalized spacial score (nSPS) is 14.4. The third-order valence-electron chi connectivity index (χ3n) is 4.16. The smallest absolute Gasteiger partial charge is 0.327 e. The van der Waals surface area contributed by atoms with Crippen molar-refractivity contribution in [3.63, 3.8) is 0 Å². The number of aliphatic imine (C=N–C) groups is 1. The van der Waals surface area contributed by atoms with Crippen LogP contribution in [-0.4, -0.2) is 94.9 Å². The number of carbonyl (C=O) groups excluding carboxylic acids is 3. The van der Waals surface area contributed by atoms with E-state index in [9.17, 15) is 24.3 Å². The molecule has 0 saturated carbocycles. The molecule has 0 rings (SSSR count). The van der Waals surface area contributed by atoms with Crippen molar-refractivity contribution in [2.75, 3.05) is 30.9 Å². The van der Waals surface area contributed by atoms with Gasteiger partial charge in [-0.2, -0.15) is 24.4 Å². The van der Waals surface area contributed by atoms with Gasteiger partial charge in [-0.15, -0.1) is 0 Å². The highest BCUT2D eigenvalue weighted by molar-refractivity contribution is 7.98. The number of aliphatic hydroxyl groups is 1. The molecule has 3 amide bonds. The van der Waals surface area contributed by atoms with E-state index in [0.717, 1.165) is 0 Å². The lowest BCUT2D eigenvalue weighted by atomic mass is 10.1. The molecule has 0 aromatic heterocycles. The Balaban J connectivity index is 4.99. The molecule has 0 aromatic carbocycles. The summed E-state index contributed by atoms with van der Waals surface area (Å²) in [4.78, 5) is 52.1. The van der Waals surface area contributed by atoms with Crippen LogP contribution in [0.1, 0.15) is 19.3 Å². The van der Waals surface area contributed by atoms with E-state index < -0.39 is 54.5 Å². The predicted octanol–water partition coefficient (Wildman–Crippen LogP) is -3.42. The van der Waals surface area contributed by atoms with Crippen LogP contribution in [0.5, 0.6) is 0 Å². The average molecular weight is 496 g/mol. The molecule has 184 valence electrons. The second kappa shape index (κ2) is 16.4. The number of amides is 3. The molecule has 0 heterocycles. The summed E-state index contributed by atoms with van der Waals surface area (Å²) < 4.78 is 0. The minimum absolute atomic E-state index is 0.0795. The number of hydrogen-bond donors (Lipinski definition) is 9. The van der Waals surface area contributed by atoms with Gasteiger partial charge in [-0.25, -0.2) is 4.79 Å². The lowest BCUT2D eigenvalue weighted by molar-refractivity contribution is -0.141. The first-order chi connectivity index (χ1) is 15.1. The molecule has 11 N–H and O–H groups in total. The zero-order valence-electron chi connectivity index (χ0n) is 17.8. The molecule has 0 saturated heterocycles. The monoisotopic (exact) mass is 495 g/mol. The standard InChI is InChI=1S/C17H33N7O6S2/c1-32-6-4-10(14(27)24-12(8-31)16(29)30)22-15(28)11(7-25)23-13(26)9(18)3-2-5-21-17(19)20/h9-12,25,31H,2-8,18H2,1H3,(H,22,28)(H,23,26)(H,24,27)(H,29,30)(H4,19,20,21). The van der Waals surface area contributed by atoms with Gasteiger partial charge in [0.1, 0.15) is 18.1 Å². The lowest BCUT2D eigenvalue weighted by Gasteiger charge is -2.24. The van der Waals surface area contributed by atoms with E-state index in [2.05, 4.69) is 33.6 Å². The van der Waals surface area contributed by atoms with Crippen molar-refractivity contribution in [1.29, 1.82) is 0 Å². The van der Waals surface area contributed by atoms with Crippen LogP contribution in [-0.2, 0) is 19.2 Å². The first kappa shape index (κ1) is 29.8. The van der Waals surface area contributed by atoms with Gasteiger partial charge in [0.05, 0.1) is 12.6 Å². The number of nitrogens with two attached hydrogens (primary N) is 3. The first-order valence-electron chi connectivity index (χ1n) is 9.72. The van der Waals surface area contributed by atoms with Gasteiger partial charge in [0, 0.05) is 12.3 Å². The van der Waals surface area contributed by atoms with E-state index in [1.165, 1.54) is 11.8 Å². The molecule has 0 spiro atoms. The number of nitrogens with one attached hydrogen (secondary N) is 3. The zero-order chi connectivity index (χ0) is 24.7. The number of hydrogen-bond acceptors (Lipinski definition) is 9. The summed E-state index contributed by atoms with van der Waals surface area (Å²) >= 11 is 5.31. The summed E-state index contributed by atoms with van der Waals surface area (Å²) in [6.07, 6.45) is 2.67. The number of guanidine groups is 1. The maximum atomic E-state index is 12.5. The second-order valence-electron chi connectivity index (χ2n) is 6.72. The highest BCUT2D eigenvalue weighted by atomic mass is 32.2. The van der Waals surface area contributed by atoms with Crippen LogP contribution in [0.25, 0.3) is 0 Å². The molecule has 4 atom stereocenters. The van der Waals surface area contributed by atoms with E-state index in [-0.39, 0.29) is 31.1 Å². The van der Waals surface area contributed by atoms with E-state index >= 15 is 0 Å². The van der Waals surface area contributed by atoms with Crippen molar-refractivity contribution in [3.05, 3.63) is 0 Å². The number of aliphatic carboxylic acids is 1. The van der Waals surface area contributed by atoms with Crippen LogP contribution in [0.3, 0.4) is 0 Å². The highest BCUT2D eigenvalue weighted by Gasteiger charge is 2.29. The second-order valence-corrected chi connectivity index (χ2v) is 8.07. The van der Waals surface area contributed by atoms with Gasteiger partial charge >= 0.3 is 5.97 Å². The summed E-state index contributed by atoms with van der Waals surface area (Å²) in [5.41, 5.74) is 16.2. The molecule has 32 heavy (non-hydrogen) atoms. The zero-order valence-corrected chi connectivity index (χ0v) is 19.5. The maximum Gasteiger partial charge on any atom is 0.327 e. The third kappa shape index (κ3) is 12.0. The average Bonchev–Trinajstić information content (AvgIpc) is 2.74. The number of thioether (sulfide) groups is 1. The SMILES string of the molecule is CSCCC(NC(=O)C(CO)NC(=O)C(N)CCCN=C(N)N)C(=O)NC(CS)C(=O)O. The minimum Gasteiger partial charge on any atom is -0.480 e. The van der Waals surface area contributed by atoms with Crippen LogP contribution in [0.4, 0.5) is 0 Å². The van der Waals surface area contributed by atoms with Gasteiger partial charge in [-0.05, 0) is 31.3 Å². The van der Waals surface area contributed by atoms with Crippen molar-refractivity contribution in [2.24, 2.45) is 22.2 Å². The summed E-state index contributed by atoms with van der Waals surface area (Å²) in [6.45, 7) is -0.452. The van der Waals surface area contributed by atoms with Crippen molar-refractivity contribution >= 4 is 54.0 Å². The van der Waals surface area contributed by atoms with Crippen molar-refractivity contribution in [3.8, 4) is 0 Å². The largest absolute Gasteiger partial charge is 0.480 e. The number of aliphatic hydroxyl groups excluding tert-OH is 1. The maximum absolute atomic E-state index is 12.5. The molecule has 0 aliphatic rings. The Hall–Kier alpha value is -2.23. The Bertz CT molecular complexity index is 663. The Morgan fingerprint density at radius 1 is 1.00 bits per heavy atom. The van der Waals surface area contributed by atoms with E-state index in [4.69, 9.17) is 22.3 Å². The van der Waals surface area contributed by atoms with Crippen molar-refractivity contribution in [1.82, 2.24) is 16.0 Å². The van der Waals surface area contributed by atoms with Gasteiger partial charge in [0.15, 0.2) is 5.96 Å². The van der Waals surface area contributed by atoms with Gasteiger partial charge in [-0.3, -0.25) is 19.4 Å². The Kier molecular flexibility index (Phi) is 15.3. The van der Waals surface area contributed by atoms with Gasteiger partial charge < -0.3 is 43.4 Å². The number of nitrogens with zero attached hydrogens (tertiary/aromatic N) is 1. The summed E-state index contributed by atoms with van der Waals surface area (Å²) in [6, 6.07) is -4.62. The predicted molar refractivity (Wildman–Crippen MR) is 125 cm³/mol. The number of rotatable bonds is 16. The Labute approximate surface area is 196 Å². The van der Waals surface area contributed by atoms with E-state index in [1.807, 2.05) is 0 Å². The number of thiol groups is 1. The van der Waals surface area contributed by atoms with Crippen molar-refractivity contribution in [2.45, 2.75) is 43.4 Å². The molecular formula is C17H33N7O6S2. The molecular weight excluding hydrogens is 462 g/mol. The topological polar surface area (TPSA) is 235 Å². The van der Waals surface area contributed by atoms with Crippen LogP contribution >= 0.6 is 24.4 Å². The fourth-order valence-electron chi connectivity index (χ4n) is 2.36. The quantitative estimate of drug-likeness (QED) is 0.0445. The highest BCUT2D eigenvalue weighted by Crippen LogP contribution is 2.04. The first-order valence-corrected chi connectivity index (χ1v) is 11.8. The number of carbonyl (C=O) groups is 4. The summed E-state index contributed by atoms with van der Waals surface area (Å²) in [7, 11) is 0. The van der Waals surface area contributed by atoms with Crippen LogP contribution < -0.4 is 33.2 Å². The third-order valence-corrected chi connectivity index (χ3v) is 5.17. The molecule has 13 nitrogen and oxygen atoms in total. The number of carboxylic acid groups (broad SMARTS) is 1. The fourth-order valence-corrected chi connectivity index (χ4v) is 3.08. The van der Waals surface area contributed by atoms with Gasteiger partial charge in [0.25, 0.3) is 0 Å². The van der Waals surface area contributed by atoms with E-state index in [1.54, 1.807) is 6.26 Å². The summed E-state index contributed by atoms with van der Waals surface area (Å²) in [5.74, 6) is -3.19. The van der Waals surface area contributed by atoms with Crippen molar-refractivity contribution < 1.29 is 29.4 Å². The van der Waals surface area contributed by atoms with Crippen LogP contribution in [0, 0.1) is 0 Å². The summed E-state index contributed by atoms with van der Waals surface area (Å²) in [5, 5.41) is 25.7. The molecule has 0 aliphatic carbocycles. The minimum atomic E-state index is -1.35. The molecule has 0 fully saturated rings. The van der Waals surface area contributed by atoms with E-state index in [0.29, 0.717) is 12.2 Å². The van der Waals surface area contributed by atoms with Crippen LogP contribution in [0.15, 0.2) is 4.99 Å².